The fourth-order valence-corrected chi connectivity index (χ4v) is 3.77. The number of hydrogen-bond donors (Lipinski definition) is 0. The van der Waals surface area contributed by atoms with Crippen LogP contribution in [0, 0.1) is 0 Å². The van der Waals surface area contributed by atoms with Gasteiger partial charge in [0.25, 0.3) is 0 Å². The fourth-order valence-electron chi connectivity index (χ4n) is 3.77. The van der Waals surface area contributed by atoms with Crippen LogP contribution in [0.15, 0.2) is 48.8 Å². The lowest BCUT2D eigenvalue weighted by molar-refractivity contribution is 0.236. The lowest BCUT2D eigenvalue weighted by Crippen LogP contribution is -2.32. The number of aromatic nitrogens is 3. The van der Waals surface area contributed by atoms with Crippen LogP contribution in [0.5, 0.6) is 5.75 Å². The van der Waals surface area contributed by atoms with E-state index in [1.54, 1.807) is 7.11 Å². The largest absolute Gasteiger partial charge is 0.497 e. The molecule has 29 heavy (non-hydrogen) atoms. The van der Waals surface area contributed by atoms with E-state index in [9.17, 15) is 0 Å². The zero-order valence-electron chi connectivity index (χ0n) is 17.9. The van der Waals surface area contributed by atoms with E-state index in [2.05, 4.69) is 65.7 Å². The van der Waals surface area contributed by atoms with E-state index in [1.165, 1.54) is 22.5 Å². The van der Waals surface area contributed by atoms with Crippen LogP contribution in [0.4, 0.5) is 0 Å². The van der Waals surface area contributed by atoms with Gasteiger partial charge in [-0.05, 0) is 29.8 Å². The van der Waals surface area contributed by atoms with E-state index < -0.39 is 0 Å². The highest BCUT2D eigenvalue weighted by Crippen LogP contribution is 2.23. The Labute approximate surface area is 173 Å². The van der Waals surface area contributed by atoms with E-state index in [-0.39, 0.29) is 5.41 Å². The first-order chi connectivity index (χ1) is 13.9. The summed E-state index contributed by atoms with van der Waals surface area (Å²) in [6.07, 6.45) is 5.18. The summed E-state index contributed by atoms with van der Waals surface area (Å²) in [5.41, 5.74) is 5.08. The molecule has 0 unspecified atom stereocenters. The molecule has 0 atom stereocenters. The Kier molecular flexibility index (Phi) is 5.41. The Bertz CT molecular complexity index is 969. The first kappa shape index (κ1) is 19.6. The van der Waals surface area contributed by atoms with Crippen LogP contribution in [0.1, 0.15) is 49.1 Å². The van der Waals surface area contributed by atoms with E-state index >= 15 is 0 Å². The molecule has 0 spiro atoms. The third kappa shape index (κ3) is 4.51. The molecular weight excluding hydrogens is 360 g/mol. The fraction of sp³-hybridized carbons (Fsp3) is 0.417. The number of benzene rings is 1. The molecule has 3 heterocycles. The van der Waals surface area contributed by atoms with Gasteiger partial charge < -0.3 is 9.30 Å². The Hall–Kier alpha value is -2.66. The number of fused-ring (bicyclic) bond motifs is 1. The molecule has 1 aliphatic rings. The maximum absolute atomic E-state index is 5.26. The van der Waals surface area contributed by atoms with Gasteiger partial charge in [-0.15, -0.1) is 0 Å². The smallest absolute Gasteiger partial charge is 0.133 e. The highest BCUT2D eigenvalue weighted by molar-refractivity contribution is 5.28. The standard InChI is InChI=1S/C24H30N4O/c1-24(2,3)23-25-14-19-16-27(13-11-22(19)26-23)17-20-6-5-12-28(20)15-18-7-9-21(29-4)10-8-18/h5-10,12,14H,11,13,15-17H2,1-4H3. The van der Waals surface area contributed by atoms with Crippen LogP contribution in [0.3, 0.4) is 0 Å². The van der Waals surface area contributed by atoms with E-state index in [4.69, 9.17) is 9.72 Å². The van der Waals surface area contributed by atoms with Crippen molar-refractivity contribution < 1.29 is 4.74 Å². The summed E-state index contributed by atoms with van der Waals surface area (Å²) in [5.74, 6) is 1.84. The molecule has 0 fully saturated rings. The summed E-state index contributed by atoms with van der Waals surface area (Å²) in [7, 11) is 1.70. The summed E-state index contributed by atoms with van der Waals surface area (Å²) < 4.78 is 7.59. The van der Waals surface area contributed by atoms with Crippen molar-refractivity contribution in [1.29, 1.82) is 0 Å². The Morgan fingerprint density at radius 2 is 1.86 bits per heavy atom. The predicted octanol–water partition coefficient (Wildman–Crippen LogP) is 4.19. The van der Waals surface area contributed by atoms with Gasteiger partial charge in [-0.1, -0.05) is 32.9 Å². The molecule has 0 N–H and O–H groups in total. The van der Waals surface area contributed by atoms with E-state index in [0.717, 1.165) is 44.2 Å². The van der Waals surface area contributed by atoms with Crippen LogP contribution >= 0.6 is 0 Å². The molecule has 0 aliphatic carbocycles. The summed E-state index contributed by atoms with van der Waals surface area (Å²) in [6.45, 7) is 10.2. The van der Waals surface area contributed by atoms with Gasteiger partial charge in [0.2, 0.25) is 0 Å². The van der Waals surface area contributed by atoms with Crippen LogP contribution < -0.4 is 4.74 Å². The number of methoxy groups -OCH3 is 1. The van der Waals surface area contributed by atoms with Crippen molar-refractivity contribution in [3.05, 3.63) is 77.1 Å². The van der Waals surface area contributed by atoms with E-state index in [1.807, 2.05) is 18.3 Å². The maximum atomic E-state index is 5.26. The van der Waals surface area contributed by atoms with Crippen LogP contribution in [0.2, 0.25) is 0 Å². The number of nitrogens with zero attached hydrogens (tertiary/aromatic N) is 4. The van der Waals surface area contributed by atoms with Gasteiger partial charge in [0.15, 0.2) is 0 Å². The van der Waals surface area contributed by atoms with E-state index in [0.29, 0.717) is 0 Å². The minimum Gasteiger partial charge on any atom is -0.497 e. The Morgan fingerprint density at radius 3 is 2.59 bits per heavy atom. The SMILES string of the molecule is COc1ccc(Cn2cccc2CN2CCc3nc(C(C)(C)C)ncc3C2)cc1. The molecule has 3 aromatic rings. The summed E-state index contributed by atoms with van der Waals surface area (Å²) >= 11 is 0. The molecule has 2 aromatic heterocycles. The third-order valence-corrected chi connectivity index (χ3v) is 5.50. The highest BCUT2D eigenvalue weighted by Gasteiger charge is 2.23. The number of hydrogen-bond acceptors (Lipinski definition) is 4. The molecule has 0 radical (unpaired) electrons. The molecule has 1 aliphatic heterocycles. The second-order valence-corrected chi connectivity index (χ2v) is 8.85. The second-order valence-electron chi connectivity index (χ2n) is 8.85. The van der Waals surface area contributed by atoms with Crippen molar-refractivity contribution in [2.24, 2.45) is 0 Å². The van der Waals surface area contributed by atoms with Gasteiger partial charge in [0.1, 0.15) is 11.6 Å². The third-order valence-electron chi connectivity index (χ3n) is 5.50. The second kappa shape index (κ2) is 7.99. The van der Waals surface area contributed by atoms with Gasteiger partial charge in [-0.2, -0.15) is 0 Å². The van der Waals surface area contributed by atoms with Gasteiger partial charge >= 0.3 is 0 Å². The molecule has 0 bridgehead atoms. The normalized spacial score (nSPS) is 14.6. The molecule has 0 amide bonds. The number of ether oxygens (including phenoxy) is 1. The zero-order valence-corrected chi connectivity index (χ0v) is 17.9. The van der Waals surface area contributed by atoms with Crippen molar-refractivity contribution in [2.75, 3.05) is 13.7 Å². The molecule has 152 valence electrons. The minimum absolute atomic E-state index is 0.00551. The summed E-state index contributed by atoms with van der Waals surface area (Å²) in [6, 6.07) is 12.7. The highest BCUT2D eigenvalue weighted by atomic mass is 16.5. The first-order valence-electron chi connectivity index (χ1n) is 10.3. The molecule has 1 aromatic carbocycles. The monoisotopic (exact) mass is 390 g/mol. The van der Waals surface area contributed by atoms with Crippen molar-refractivity contribution >= 4 is 0 Å². The zero-order chi connectivity index (χ0) is 20.4. The van der Waals surface area contributed by atoms with Crippen molar-refractivity contribution in [1.82, 2.24) is 19.4 Å². The lowest BCUT2D eigenvalue weighted by Gasteiger charge is -2.29. The molecule has 4 rings (SSSR count). The maximum Gasteiger partial charge on any atom is 0.133 e. The van der Waals surface area contributed by atoms with Gasteiger partial charge in [0.05, 0.1) is 7.11 Å². The van der Waals surface area contributed by atoms with Crippen LogP contribution in [-0.2, 0) is 31.5 Å². The van der Waals surface area contributed by atoms with Gasteiger partial charge in [-0.25, -0.2) is 9.97 Å². The average Bonchev–Trinajstić information content (AvgIpc) is 3.14. The van der Waals surface area contributed by atoms with Crippen molar-refractivity contribution in [3.63, 3.8) is 0 Å². The van der Waals surface area contributed by atoms with Crippen LogP contribution in [-0.4, -0.2) is 33.1 Å². The first-order valence-corrected chi connectivity index (χ1v) is 10.3. The average molecular weight is 391 g/mol. The number of rotatable bonds is 5. The molecular formula is C24H30N4O. The molecule has 0 saturated carbocycles. The molecule has 0 saturated heterocycles. The lowest BCUT2D eigenvalue weighted by atomic mass is 9.95. The Morgan fingerprint density at radius 1 is 1.07 bits per heavy atom. The van der Waals surface area contributed by atoms with Crippen molar-refractivity contribution in [2.45, 2.75) is 52.2 Å². The molecule has 5 nitrogen and oxygen atoms in total. The topological polar surface area (TPSA) is 43.2 Å². The minimum atomic E-state index is -0.00551. The van der Waals surface area contributed by atoms with Crippen molar-refractivity contribution in [3.8, 4) is 5.75 Å². The van der Waals surface area contributed by atoms with Gasteiger partial charge in [-0.3, -0.25) is 4.90 Å². The summed E-state index contributed by atoms with van der Waals surface area (Å²) in [5, 5.41) is 0. The Balaban J connectivity index is 1.44. The quantitative estimate of drug-likeness (QED) is 0.655. The molecule has 5 heteroatoms. The van der Waals surface area contributed by atoms with Crippen LogP contribution in [0.25, 0.3) is 0 Å². The predicted molar refractivity (Wildman–Crippen MR) is 115 cm³/mol. The van der Waals surface area contributed by atoms with Gasteiger partial charge in [0, 0.05) is 67.4 Å². The summed E-state index contributed by atoms with van der Waals surface area (Å²) in [4.78, 5) is 12.0.